The third-order valence-corrected chi connectivity index (χ3v) is 2.58. The highest BCUT2D eigenvalue weighted by atomic mass is 16.1. The molecular weight excluding hydrogens is 188 g/mol. The largest absolute Gasteiger partial charge is 0.398 e. The van der Waals surface area contributed by atoms with Crippen molar-refractivity contribution >= 4 is 12.0 Å². The van der Waals surface area contributed by atoms with Crippen LogP contribution in [0.3, 0.4) is 0 Å². The van der Waals surface area contributed by atoms with Crippen LogP contribution >= 0.6 is 0 Å². The number of benzene rings is 1. The Labute approximate surface area is 90.9 Å². The van der Waals surface area contributed by atoms with Gasteiger partial charge < -0.3 is 5.73 Å². The van der Waals surface area contributed by atoms with Gasteiger partial charge in [-0.1, -0.05) is 19.9 Å². The molecule has 0 heterocycles. The summed E-state index contributed by atoms with van der Waals surface area (Å²) < 4.78 is 0. The number of nitrogens with zero attached hydrogens (tertiary/aromatic N) is 1. The molecule has 0 aliphatic rings. The standard InChI is InChI=1S/C12H18N2O/c1-3-14(4-2)8-10-5-6-12(13)11(7-10)9-15/h5-7,9H,3-4,8,13H2,1-2H3. The van der Waals surface area contributed by atoms with E-state index in [1.165, 1.54) is 0 Å². The Morgan fingerprint density at radius 3 is 2.53 bits per heavy atom. The van der Waals surface area contributed by atoms with Gasteiger partial charge in [-0.15, -0.1) is 0 Å². The van der Waals surface area contributed by atoms with Gasteiger partial charge in [0.1, 0.15) is 0 Å². The summed E-state index contributed by atoms with van der Waals surface area (Å²) in [5.74, 6) is 0. The summed E-state index contributed by atoms with van der Waals surface area (Å²) in [6, 6.07) is 5.63. The third-order valence-electron chi connectivity index (χ3n) is 2.58. The van der Waals surface area contributed by atoms with Crippen LogP contribution in [0.2, 0.25) is 0 Å². The first kappa shape index (κ1) is 11.7. The van der Waals surface area contributed by atoms with Gasteiger partial charge in [0.25, 0.3) is 0 Å². The van der Waals surface area contributed by atoms with E-state index < -0.39 is 0 Å². The molecule has 3 heteroatoms. The Bertz CT molecular complexity index is 332. The average Bonchev–Trinajstić information content (AvgIpc) is 2.28. The van der Waals surface area contributed by atoms with Gasteiger partial charge in [0.05, 0.1) is 0 Å². The van der Waals surface area contributed by atoms with E-state index in [1.54, 1.807) is 6.07 Å². The molecule has 2 N–H and O–H groups in total. The number of nitrogen functional groups attached to an aromatic ring is 1. The Morgan fingerprint density at radius 1 is 1.33 bits per heavy atom. The van der Waals surface area contributed by atoms with Gasteiger partial charge in [-0.25, -0.2) is 0 Å². The van der Waals surface area contributed by atoms with Crippen LogP contribution in [0.1, 0.15) is 29.8 Å². The molecule has 0 aromatic heterocycles. The lowest BCUT2D eigenvalue weighted by atomic mass is 10.1. The maximum absolute atomic E-state index is 10.7. The minimum atomic E-state index is 0.549. The molecule has 0 radical (unpaired) electrons. The van der Waals surface area contributed by atoms with E-state index in [0.29, 0.717) is 11.3 Å². The molecule has 0 bridgehead atoms. The second-order valence-electron chi connectivity index (χ2n) is 3.54. The number of hydrogen-bond acceptors (Lipinski definition) is 3. The van der Waals surface area contributed by atoms with Crippen molar-refractivity contribution in [3.05, 3.63) is 29.3 Å². The summed E-state index contributed by atoms with van der Waals surface area (Å²) in [7, 11) is 0. The molecule has 0 atom stereocenters. The number of carbonyl (C=O) groups excluding carboxylic acids is 1. The van der Waals surface area contributed by atoms with E-state index >= 15 is 0 Å². The van der Waals surface area contributed by atoms with Gasteiger partial charge in [0.15, 0.2) is 6.29 Å². The highest BCUT2D eigenvalue weighted by molar-refractivity contribution is 5.83. The van der Waals surface area contributed by atoms with Gasteiger partial charge in [-0.05, 0) is 30.8 Å². The molecule has 3 nitrogen and oxygen atoms in total. The van der Waals surface area contributed by atoms with Gasteiger partial charge in [-0.3, -0.25) is 9.69 Å². The minimum Gasteiger partial charge on any atom is -0.398 e. The lowest BCUT2D eigenvalue weighted by Crippen LogP contribution is -2.22. The first-order chi connectivity index (χ1) is 7.21. The fourth-order valence-electron chi connectivity index (χ4n) is 1.53. The first-order valence-corrected chi connectivity index (χ1v) is 5.27. The predicted molar refractivity (Wildman–Crippen MR) is 62.9 cm³/mol. The number of nitrogens with two attached hydrogens (primary N) is 1. The van der Waals surface area contributed by atoms with Crippen molar-refractivity contribution in [1.29, 1.82) is 0 Å². The van der Waals surface area contributed by atoms with Crippen LogP contribution in [-0.2, 0) is 6.54 Å². The number of rotatable bonds is 5. The SMILES string of the molecule is CCN(CC)Cc1ccc(N)c(C=O)c1. The lowest BCUT2D eigenvalue weighted by Gasteiger charge is -2.18. The highest BCUT2D eigenvalue weighted by Crippen LogP contribution is 2.13. The van der Waals surface area contributed by atoms with Crippen LogP contribution in [0.4, 0.5) is 5.69 Å². The maximum Gasteiger partial charge on any atom is 0.152 e. The van der Waals surface area contributed by atoms with Crippen molar-refractivity contribution in [2.75, 3.05) is 18.8 Å². The van der Waals surface area contributed by atoms with Crippen molar-refractivity contribution in [2.45, 2.75) is 20.4 Å². The van der Waals surface area contributed by atoms with Crippen molar-refractivity contribution in [2.24, 2.45) is 0 Å². The monoisotopic (exact) mass is 206 g/mol. The zero-order valence-corrected chi connectivity index (χ0v) is 9.36. The fourth-order valence-corrected chi connectivity index (χ4v) is 1.53. The zero-order chi connectivity index (χ0) is 11.3. The van der Waals surface area contributed by atoms with Gasteiger partial charge in [-0.2, -0.15) is 0 Å². The van der Waals surface area contributed by atoms with Crippen LogP contribution < -0.4 is 5.73 Å². The molecule has 0 amide bonds. The Balaban J connectivity index is 2.82. The maximum atomic E-state index is 10.7. The number of anilines is 1. The highest BCUT2D eigenvalue weighted by Gasteiger charge is 2.03. The van der Waals surface area contributed by atoms with Crippen LogP contribution in [0.5, 0.6) is 0 Å². The number of aldehydes is 1. The van der Waals surface area contributed by atoms with Crippen molar-refractivity contribution in [1.82, 2.24) is 4.90 Å². The van der Waals surface area contributed by atoms with Crippen LogP contribution in [-0.4, -0.2) is 24.3 Å². The predicted octanol–water partition coefficient (Wildman–Crippen LogP) is 1.92. The Morgan fingerprint density at radius 2 is 2.00 bits per heavy atom. The quantitative estimate of drug-likeness (QED) is 0.591. The molecule has 1 aromatic carbocycles. The van der Waals surface area contributed by atoms with Crippen molar-refractivity contribution in [3.8, 4) is 0 Å². The molecule has 0 fully saturated rings. The topological polar surface area (TPSA) is 46.3 Å². The Kier molecular flexibility index (Phi) is 4.31. The molecule has 1 aromatic rings. The molecule has 0 aliphatic heterocycles. The molecule has 0 unspecified atom stereocenters. The van der Waals surface area contributed by atoms with Gasteiger partial charge >= 0.3 is 0 Å². The molecular formula is C12H18N2O. The van der Waals surface area contributed by atoms with Crippen LogP contribution in [0.15, 0.2) is 18.2 Å². The summed E-state index contributed by atoms with van der Waals surface area (Å²) in [6.45, 7) is 7.14. The molecule has 15 heavy (non-hydrogen) atoms. The molecule has 1 rings (SSSR count). The van der Waals surface area contributed by atoms with E-state index in [9.17, 15) is 4.79 Å². The molecule has 82 valence electrons. The Hall–Kier alpha value is -1.35. The van der Waals surface area contributed by atoms with E-state index in [1.807, 2.05) is 12.1 Å². The number of carbonyl (C=O) groups is 1. The molecule has 0 spiro atoms. The van der Waals surface area contributed by atoms with E-state index in [4.69, 9.17) is 5.73 Å². The van der Waals surface area contributed by atoms with Crippen LogP contribution in [0.25, 0.3) is 0 Å². The van der Waals surface area contributed by atoms with Crippen molar-refractivity contribution in [3.63, 3.8) is 0 Å². The van der Waals surface area contributed by atoms with E-state index in [0.717, 1.165) is 31.5 Å². The second-order valence-corrected chi connectivity index (χ2v) is 3.54. The smallest absolute Gasteiger partial charge is 0.152 e. The third kappa shape index (κ3) is 3.06. The summed E-state index contributed by atoms with van der Waals surface area (Å²) >= 11 is 0. The summed E-state index contributed by atoms with van der Waals surface area (Å²) in [6.07, 6.45) is 0.807. The lowest BCUT2D eigenvalue weighted by molar-refractivity contribution is 0.112. The van der Waals surface area contributed by atoms with Gasteiger partial charge in [0.2, 0.25) is 0 Å². The zero-order valence-electron chi connectivity index (χ0n) is 9.36. The van der Waals surface area contributed by atoms with E-state index in [2.05, 4.69) is 18.7 Å². The van der Waals surface area contributed by atoms with Crippen molar-refractivity contribution < 1.29 is 4.79 Å². The molecule has 0 aliphatic carbocycles. The summed E-state index contributed by atoms with van der Waals surface area (Å²) in [5, 5.41) is 0. The van der Waals surface area contributed by atoms with Crippen LogP contribution in [0, 0.1) is 0 Å². The average molecular weight is 206 g/mol. The molecule has 0 saturated carbocycles. The summed E-state index contributed by atoms with van der Waals surface area (Å²) in [4.78, 5) is 13.0. The fraction of sp³-hybridized carbons (Fsp3) is 0.417. The molecule has 0 saturated heterocycles. The normalized spacial score (nSPS) is 10.6. The number of hydrogen-bond donors (Lipinski definition) is 1. The summed E-state index contributed by atoms with van der Waals surface area (Å²) in [5.41, 5.74) is 7.92. The van der Waals surface area contributed by atoms with Gasteiger partial charge in [0, 0.05) is 17.8 Å². The second kappa shape index (κ2) is 5.51. The minimum absolute atomic E-state index is 0.549. The first-order valence-electron chi connectivity index (χ1n) is 5.27. The van der Waals surface area contributed by atoms with E-state index in [-0.39, 0.29) is 0 Å².